The highest BCUT2D eigenvalue weighted by Crippen LogP contribution is 2.24. The zero-order chi connectivity index (χ0) is 29.4. The molecular weight excluding hydrogens is 541 g/mol. The van der Waals surface area contributed by atoms with Crippen LogP contribution in [0.2, 0.25) is 0 Å². The number of carbonyl (C=O) groups is 2. The number of aryl methyl sites for hydroxylation is 1. The number of carbonyl (C=O) groups excluding carboxylic acids is 2. The van der Waals surface area contributed by atoms with E-state index in [0.29, 0.717) is 11.3 Å². The molecule has 0 aliphatic heterocycles. The first-order chi connectivity index (χ1) is 19.6. The summed E-state index contributed by atoms with van der Waals surface area (Å²) < 4.78 is 41.8. The first-order valence-corrected chi connectivity index (χ1v) is 15.9. The summed E-state index contributed by atoms with van der Waals surface area (Å²) in [7, 11) is -3.87. The van der Waals surface area contributed by atoms with Gasteiger partial charge in [0.1, 0.15) is 18.4 Å². The maximum absolute atomic E-state index is 14.9. The van der Waals surface area contributed by atoms with Crippen molar-refractivity contribution in [2.45, 2.75) is 64.1 Å². The molecule has 0 saturated heterocycles. The van der Waals surface area contributed by atoms with Gasteiger partial charge >= 0.3 is 0 Å². The molecule has 3 aromatic carbocycles. The summed E-state index contributed by atoms with van der Waals surface area (Å²) in [5.74, 6) is -1.43. The third kappa shape index (κ3) is 8.16. The molecule has 1 saturated carbocycles. The summed E-state index contributed by atoms with van der Waals surface area (Å²) in [6.45, 7) is 1.05. The van der Waals surface area contributed by atoms with E-state index in [1.165, 1.54) is 11.0 Å². The molecule has 1 aliphatic carbocycles. The molecule has 0 radical (unpaired) electrons. The van der Waals surface area contributed by atoms with Crippen molar-refractivity contribution in [2.24, 2.45) is 0 Å². The zero-order valence-corrected chi connectivity index (χ0v) is 24.4. The lowest BCUT2D eigenvalue weighted by molar-refractivity contribution is -0.140. The molecule has 41 heavy (non-hydrogen) atoms. The van der Waals surface area contributed by atoms with Crippen LogP contribution in [0, 0.1) is 12.7 Å². The van der Waals surface area contributed by atoms with Crippen molar-refractivity contribution in [3.05, 3.63) is 101 Å². The molecule has 2 amide bonds. The monoisotopic (exact) mass is 579 g/mol. The summed E-state index contributed by atoms with van der Waals surface area (Å²) >= 11 is 0. The molecule has 0 aromatic heterocycles. The number of anilines is 1. The Bertz CT molecular complexity index is 1440. The summed E-state index contributed by atoms with van der Waals surface area (Å²) in [6.07, 6.45) is 6.13. The molecule has 1 fully saturated rings. The largest absolute Gasteiger partial charge is 0.352 e. The lowest BCUT2D eigenvalue weighted by Gasteiger charge is -2.35. The van der Waals surface area contributed by atoms with Crippen molar-refractivity contribution in [3.8, 4) is 0 Å². The van der Waals surface area contributed by atoms with E-state index in [1.807, 2.05) is 30.3 Å². The van der Waals surface area contributed by atoms with E-state index in [4.69, 9.17) is 0 Å². The molecule has 1 atom stereocenters. The lowest BCUT2D eigenvalue weighted by atomic mass is 9.94. The minimum absolute atomic E-state index is 0.000534. The van der Waals surface area contributed by atoms with Crippen LogP contribution < -0.4 is 9.62 Å². The van der Waals surface area contributed by atoms with Crippen LogP contribution in [0.3, 0.4) is 0 Å². The number of hydrogen-bond donors (Lipinski definition) is 1. The Morgan fingerprint density at radius 2 is 1.56 bits per heavy atom. The van der Waals surface area contributed by atoms with Crippen LogP contribution in [0.1, 0.15) is 48.8 Å². The highest BCUT2D eigenvalue weighted by Gasteiger charge is 2.34. The average molecular weight is 580 g/mol. The molecule has 1 N–H and O–H groups in total. The molecule has 0 spiro atoms. The second-order valence-corrected chi connectivity index (χ2v) is 12.6. The summed E-state index contributed by atoms with van der Waals surface area (Å²) in [5, 5.41) is 3.14. The van der Waals surface area contributed by atoms with Crippen LogP contribution in [0.5, 0.6) is 0 Å². The first kappa shape index (κ1) is 30.2. The number of para-hydroxylation sites is 1. The Hall–Kier alpha value is -3.72. The minimum Gasteiger partial charge on any atom is -0.352 e. The fourth-order valence-corrected chi connectivity index (χ4v) is 6.25. The summed E-state index contributed by atoms with van der Waals surface area (Å²) in [5.41, 5.74) is 2.13. The number of hydrogen-bond acceptors (Lipinski definition) is 4. The Kier molecular flexibility index (Phi) is 10.2. The van der Waals surface area contributed by atoms with Crippen molar-refractivity contribution < 1.29 is 22.4 Å². The van der Waals surface area contributed by atoms with Crippen molar-refractivity contribution in [1.29, 1.82) is 0 Å². The Morgan fingerprint density at radius 3 is 2.22 bits per heavy atom. The fourth-order valence-electron chi connectivity index (χ4n) is 5.35. The lowest BCUT2D eigenvalue weighted by Crippen LogP contribution is -2.55. The zero-order valence-electron chi connectivity index (χ0n) is 23.6. The number of benzene rings is 3. The number of amides is 2. The average Bonchev–Trinajstić information content (AvgIpc) is 2.95. The highest BCUT2D eigenvalue weighted by atomic mass is 32.2. The minimum atomic E-state index is -3.87. The van der Waals surface area contributed by atoms with Gasteiger partial charge in [-0.2, -0.15) is 0 Å². The maximum Gasteiger partial charge on any atom is 0.244 e. The smallest absolute Gasteiger partial charge is 0.244 e. The van der Waals surface area contributed by atoms with Gasteiger partial charge in [0.15, 0.2) is 0 Å². The molecular formula is C32H38FN3O4S. The van der Waals surface area contributed by atoms with Gasteiger partial charge in [-0.1, -0.05) is 86.0 Å². The van der Waals surface area contributed by atoms with Crippen LogP contribution in [0.15, 0.2) is 78.9 Å². The normalized spacial score (nSPS) is 14.7. The molecule has 7 nitrogen and oxygen atoms in total. The SMILES string of the molecule is Cc1ccccc1N(CC(=O)N(Cc1ccccc1F)[C@H](Cc1ccccc1)C(=O)NC1CCCCC1)S(C)(=O)=O. The van der Waals surface area contributed by atoms with Gasteiger partial charge in [-0.15, -0.1) is 0 Å². The van der Waals surface area contributed by atoms with Gasteiger partial charge in [-0.05, 0) is 43.0 Å². The topological polar surface area (TPSA) is 86.8 Å². The standard InChI is InChI=1S/C32H38FN3O4S/c1-24-13-9-12-20-29(24)36(41(2,39)40)23-31(37)35(22-26-16-10-11-19-28(26)33)30(21-25-14-5-3-6-15-25)32(38)34-27-17-7-4-8-18-27/h3,5-6,9-16,19-20,27,30H,4,7-8,17-18,21-23H2,1-2H3,(H,34,38)/t30-/m1/s1. The van der Waals surface area contributed by atoms with Crippen LogP contribution in [0.4, 0.5) is 10.1 Å². The third-order valence-corrected chi connectivity index (χ3v) is 8.71. The van der Waals surface area contributed by atoms with Crippen molar-refractivity contribution >= 4 is 27.5 Å². The van der Waals surface area contributed by atoms with Gasteiger partial charge in [0, 0.05) is 24.6 Å². The van der Waals surface area contributed by atoms with Gasteiger partial charge in [0.2, 0.25) is 21.8 Å². The number of nitrogens with zero attached hydrogens (tertiary/aromatic N) is 2. The van der Waals surface area contributed by atoms with Gasteiger partial charge in [0.05, 0.1) is 11.9 Å². The van der Waals surface area contributed by atoms with Crippen molar-refractivity contribution in [3.63, 3.8) is 0 Å². The predicted molar refractivity (Wildman–Crippen MR) is 159 cm³/mol. The van der Waals surface area contributed by atoms with E-state index in [9.17, 15) is 22.4 Å². The number of halogens is 1. The predicted octanol–water partition coefficient (Wildman–Crippen LogP) is 4.99. The molecule has 9 heteroatoms. The fraction of sp³-hybridized carbons (Fsp3) is 0.375. The van der Waals surface area contributed by atoms with Crippen LogP contribution >= 0.6 is 0 Å². The van der Waals surface area contributed by atoms with Crippen LogP contribution in [0.25, 0.3) is 0 Å². The Balaban J connectivity index is 1.74. The number of rotatable bonds is 11. The van der Waals surface area contributed by atoms with Crippen molar-refractivity contribution in [2.75, 3.05) is 17.1 Å². The van der Waals surface area contributed by atoms with Gasteiger partial charge in [-0.25, -0.2) is 12.8 Å². The van der Waals surface area contributed by atoms with E-state index >= 15 is 0 Å². The van der Waals surface area contributed by atoms with Crippen LogP contribution in [-0.2, 0) is 32.6 Å². The summed E-state index contributed by atoms with van der Waals surface area (Å²) in [6, 6.07) is 21.4. The molecule has 0 bridgehead atoms. The molecule has 218 valence electrons. The number of nitrogens with one attached hydrogen (secondary N) is 1. The quantitative estimate of drug-likeness (QED) is 0.347. The number of sulfonamides is 1. The highest BCUT2D eigenvalue weighted by molar-refractivity contribution is 7.92. The van der Waals surface area contributed by atoms with E-state index in [2.05, 4.69) is 5.32 Å². The molecule has 1 aliphatic rings. The Morgan fingerprint density at radius 1 is 0.927 bits per heavy atom. The molecule has 3 aromatic rings. The van der Waals surface area contributed by atoms with Gasteiger partial charge in [-0.3, -0.25) is 13.9 Å². The van der Waals surface area contributed by atoms with Gasteiger partial charge in [0.25, 0.3) is 0 Å². The van der Waals surface area contributed by atoms with Crippen molar-refractivity contribution in [1.82, 2.24) is 10.2 Å². The third-order valence-electron chi connectivity index (χ3n) is 7.58. The Labute approximate surface area is 242 Å². The van der Waals surface area contributed by atoms with Crippen LogP contribution in [-0.4, -0.2) is 50.0 Å². The summed E-state index contributed by atoms with van der Waals surface area (Å²) in [4.78, 5) is 29.4. The van der Waals surface area contributed by atoms with E-state index < -0.39 is 34.3 Å². The second-order valence-electron chi connectivity index (χ2n) is 10.7. The van der Waals surface area contributed by atoms with Gasteiger partial charge < -0.3 is 10.2 Å². The van der Waals surface area contributed by atoms with E-state index in [-0.39, 0.29) is 30.5 Å². The maximum atomic E-state index is 14.9. The molecule has 4 rings (SSSR count). The second kappa shape index (κ2) is 13.8. The molecule has 0 heterocycles. The van der Waals surface area contributed by atoms with E-state index in [0.717, 1.165) is 48.2 Å². The first-order valence-electron chi connectivity index (χ1n) is 14.0. The molecule has 0 unspecified atom stereocenters. The van der Waals surface area contributed by atoms with E-state index in [1.54, 1.807) is 49.4 Å².